The normalized spacial score (nSPS) is 22.4. The molecule has 0 saturated heterocycles. The van der Waals surface area contributed by atoms with Crippen molar-refractivity contribution in [3.63, 3.8) is 0 Å². The minimum atomic E-state index is 0.447. The summed E-state index contributed by atoms with van der Waals surface area (Å²) in [5.41, 5.74) is 8.63. The van der Waals surface area contributed by atoms with E-state index in [9.17, 15) is 0 Å². The molecule has 2 N–H and O–H groups in total. The Morgan fingerprint density at radius 2 is 2.19 bits per heavy atom. The number of hydrogen-bond acceptors (Lipinski definition) is 4. The molecule has 2 atom stereocenters. The number of aromatic nitrogens is 2. The molecule has 3 rings (SSSR count). The first kappa shape index (κ1) is 14.1. The summed E-state index contributed by atoms with van der Waals surface area (Å²) in [6, 6.07) is 5.79. The van der Waals surface area contributed by atoms with Crippen LogP contribution in [0.1, 0.15) is 56.3 Å². The minimum Gasteiger partial charge on any atom is -0.399 e. The molecule has 1 heterocycles. The van der Waals surface area contributed by atoms with E-state index in [1.54, 1.807) is 0 Å². The van der Waals surface area contributed by atoms with E-state index in [1.807, 2.05) is 25.1 Å². The predicted octanol–water partition coefficient (Wildman–Crippen LogP) is 4.31. The smallest absolute Gasteiger partial charge is 0.258 e. The quantitative estimate of drug-likeness (QED) is 0.853. The van der Waals surface area contributed by atoms with Gasteiger partial charge in [0.05, 0.1) is 0 Å². The van der Waals surface area contributed by atoms with Crippen molar-refractivity contribution in [2.24, 2.45) is 5.92 Å². The highest BCUT2D eigenvalue weighted by Crippen LogP contribution is 2.37. The number of benzene rings is 1. The van der Waals surface area contributed by atoms with Crippen molar-refractivity contribution >= 4 is 5.69 Å². The van der Waals surface area contributed by atoms with Crippen molar-refractivity contribution in [1.82, 2.24) is 10.1 Å². The van der Waals surface area contributed by atoms with Crippen LogP contribution in [0, 0.1) is 12.8 Å². The summed E-state index contributed by atoms with van der Waals surface area (Å²) in [5.74, 6) is 2.71. The van der Waals surface area contributed by atoms with Crippen molar-refractivity contribution in [1.29, 1.82) is 0 Å². The van der Waals surface area contributed by atoms with Gasteiger partial charge in [-0.15, -0.1) is 0 Å². The maximum Gasteiger partial charge on any atom is 0.258 e. The lowest BCUT2D eigenvalue weighted by Crippen LogP contribution is -2.14. The Balaban J connectivity index is 1.84. The second kappa shape index (κ2) is 5.88. The molecule has 1 fully saturated rings. The molecule has 1 aromatic heterocycles. The van der Waals surface area contributed by atoms with E-state index in [0.29, 0.717) is 11.8 Å². The average Bonchev–Trinajstić information content (AvgIpc) is 2.99. The molecule has 1 aliphatic rings. The Kier molecular flexibility index (Phi) is 3.95. The molecule has 0 spiro atoms. The largest absolute Gasteiger partial charge is 0.399 e. The van der Waals surface area contributed by atoms with Gasteiger partial charge in [-0.25, -0.2) is 0 Å². The first-order valence-corrected chi connectivity index (χ1v) is 7.87. The lowest BCUT2D eigenvalue weighted by molar-refractivity contribution is 0.300. The highest BCUT2D eigenvalue weighted by molar-refractivity contribution is 5.63. The van der Waals surface area contributed by atoms with Gasteiger partial charge in [-0.2, -0.15) is 4.98 Å². The molecule has 0 bridgehead atoms. The van der Waals surface area contributed by atoms with Crippen LogP contribution in [0.5, 0.6) is 0 Å². The van der Waals surface area contributed by atoms with Crippen molar-refractivity contribution in [2.45, 2.75) is 51.9 Å². The van der Waals surface area contributed by atoms with Gasteiger partial charge in [-0.1, -0.05) is 37.4 Å². The molecule has 4 heteroatoms. The fraction of sp³-hybridized carbons (Fsp3) is 0.529. The van der Waals surface area contributed by atoms with Gasteiger partial charge in [0.2, 0.25) is 0 Å². The number of anilines is 1. The highest BCUT2D eigenvalue weighted by atomic mass is 16.5. The molecule has 0 aliphatic heterocycles. The summed E-state index contributed by atoms with van der Waals surface area (Å²) in [6.45, 7) is 4.30. The van der Waals surface area contributed by atoms with Crippen LogP contribution in [0.25, 0.3) is 11.5 Å². The van der Waals surface area contributed by atoms with Crippen LogP contribution >= 0.6 is 0 Å². The lowest BCUT2D eigenvalue weighted by Gasteiger charge is -2.26. The van der Waals surface area contributed by atoms with Gasteiger partial charge < -0.3 is 10.3 Å². The van der Waals surface area contributed by atoms with Gasteiger partial charge in [-0.3, -0.25) is 0 Å². The Bertz CT molecular complexity index is 620. The Hall–Kier alpha value is -1.84. The summed E-state index contributed by atoms with van der Waals surface area (Å²) in [6.07, 6.45) is 6.21. The molecule has 4 nitrogen and oxygen atoms in total. The zero-order valence-electron chi connectivity index (χ0n) is 12.8. The van der Waals surface area contributed by atoms with Crippen LogP contribution in [0.3, 0.4) is 0 Å². The van der Waals surface area contributed by atoms with Crippen LogP contribution in [-0.4, -0.2) is 10.1 Å². The molecule has 0 amide bonds. The topological polar surface area (TPSA) is 64.9 Å². The van der Waals surface area contributed by atoms with Crippen molar-refractivity contribution in [3.05, 3.63) is 29.6 Å². The Morgan fingerprint density at radius 1 is 1.33 bits per heavy atom. The van der Waals surface area contributed by atoms with E-state index in [2.05, 4.69) is 17.1 Å². The van der Waals surface area contributed by atoms with Gasteiger partial charge in [0.25, 0.3) is 5.89 Å². The number of aryl methyl sites for hydroxylation is 1. The molecular formula is C17H23N3O. The third-order valence-corrected chi connectivity index (χ3v) is 4.66. The first-order chi connectivity index (χ1) is 10.2. The van der Waals surface area contributed by atoms with E-state index >= 15 is 0 Å². The molecule has 1 aromatic carbocycles. The van der Waals surface area contributed by atoms with Gasteiger partial charge in [-0.05, 0) is 43.4 Å². The molecule has 1 aliphatic carbocycles. The summed E-state index contributed by atoms with van der Waals surface area (Å²) in [4.78, 5) is 4.64. The summed E-state index contributed by atoms with van der Waals surface area (Å²) in [7, 11) is 0. The zero-order valence-corrected chi connectivity index (χ0v) is 12.8. The van der Waals surface area contributed by atoms with Gasteiger partial charge in [0.15, 0.2) is 5.82 Å². The second-order valence-electron chi connectivity index (χ2n) is 6.17. The lowest BCUT2D eigenvalue weighted by atomic mass is 9.80. The fourth-order valence-electron chi connectivity index (χ4n) is 3.28. The minimum absolute atomic E-state index is 0.447. The molecule has 112 valence electrons. The molecule has 2 aromatic rings. The van der Waals surface area contributed by atoms with Gasteiger partial charge in [0.1, 0.15) is 0 Å². The summed E-state index contributed by atoms with van der Waals surface area (Å²) in [5, 5.41) is 4.23. The van der Waals surface area contributed by atoms with Gasteiger partial charge >= 0.3 is 0 Å². The van der Waals surface area contributed by atoms with Crippen molar-refractivity contribution in [3.8, 4) is 11.5 Å². The molecular weight excluding hydrogens is 262 g/mol. The summed E-state index contributed by atoms with van der Waals surface area (Å²) >= 11 is 0. The molecule has 21 heavy (non-hydrogen) atoms. The van der Waals surface area contributed by atoms with Crippen LogP contribution in [0.15, 0.2) is 22.7 Å². The van der Waals surface area contributed by atoms with E-state index in [0.717, 1.165) is 28.6 Å². The number of rotatable bonds is 3. The number of hydrogen-bond donors (Lipinski definition) is 1. The third-order valence-electron chi connectivity index (χ3n) is 4.66. The zero-order chi connectivity index (χ0) is 14.8. The Morgan fingerprint density at radius 3 is 3.00 bits per heavy atom. The molecule has 1 saturated carbocycles. The van der Waals surface area contributed by atoms with E-state index < -0.39 is 0 Å². The molecule has 0 radical (unpaired) electrons. The monoisotopic (exact) mass is 285 g/mol. The van der Waals surface area contributed by atoms with Crippen molar-refractivity contribution < 1.29 is 4.52 Å². The SMILES string of the molecule is CCC1CCCC(c2noc(-c3cc(N)ccc3C)n2)C1. The fourth-order valence-corrected chi connectivity index (χ4v) is 3.28. The van der Waals surface area contributed by atoms with E-state index in [-0.39, 0.29) is 0 Å². The maximum absolute atomic E-state index is 5.86. The maximum atomic E-state index is 5.86. The standard InChI is InChI=1S/C17H23N3O/c1-3-12-5-4-6-13(9-12)16-19-17(21-20-16)15-10-14(18)8-7-11(15)2/h7-8,10,12-13H,3-6,9,18H2,1-2H3. The van der Waals surface area contributed by atoms with Gasteiger partial charge in [0, 0.05) is 17.2 Å². The highest BCUT2D eigenvalue weighted by Gasteiger charge is 2.26. The first-order valence-electron chi connectivity index (χ1n) is 7.87. The summed E-state index contributed by atoms with van der Waals surface area (Å²) < 4.78 is 5.49. The second-order valence-corrected chi connectivity index (χ2v) is 6.17. The van der Waals surface area contributed by atoms with E-state index in [1.165, 1.54) is 32.1 Å². The predicted molar refractivity (Wildman–Crippen MR) is 83.9 cm³/mol. The van der Waals surface area contributed by atoms with Crippen LogP contribution in [-0.2, 0) is 0 Å². The number of nitrogens with zero attached hydrogens (tertiary/aromatic N) is 2. The number of nitrogen functional groups attached to an aromatic ring is 1. The van der Waals surface area contributed by atoms with Crippen LogP contribution < -0.4 is 5.73 Å². The van der Waals surface area contributed by atoms with Crippen LogP contribution in [0.4, 0.5) is 5.69 Å². The van der Waals surface area contributed by atoms with Crippen molar-refractivity contribution in [2.75, 3.05) is 5.73 Å². The van der Waals surface area contributed by atoms with E-state index in [4.69, 9.17) is 10.3 Å². The average molecular weight is 285 g/mol. The van der Waals surface area contributed by atoms with Crippen LogP contribution in [0.2, 0.25) is 0 Å². The number of nitrogens with two attached hydrogens (primary N) is 1. The Labute approximate surface area is 125 Å². The third kappa shape index (κ3) is 2.94. The molecule has 2 unspecified atom stereocenters.